The lowest BCUT2D eigenvalue weighted by molar-refractivity contribution is 0.298. The van der Waals surface area contributed by atoms with Crippen LogP contribution >= 0.6 is 0 Å². The van der Waals surface area contributed by atoms with E-state index < -0.39 is 0 Å². The summed E-state index contributed by atoms with van der Waals surface area (Å²) < 4.78 is 0. The molecule has 102 valence electrons. The minimum Gasteiger partial charge on any atom is -0.361 e. The molecule has 2 N–H and O–H groups in total. The highest BCUT2D eigenvalue weighted by atomic mass is 15.2. The fraction of sp³-hybridized carbons (Fsp3) is 0.500. The normalized spacial score (nSPS) is 18.2. The first-order valence-corrected chi connectivity index (χ1v) is 7.33. The van der Waals surface area contributed by atoms with E-state index in [1.807, 2.05) is 6.20 Å². The molecule has 0 amide bonds. The molecule has 1 aliphatic rings. The van der Waals surface area contributed by atoms with Crippen molar-refractivity contribution in [2.45, 2.75) is 32.4 Å². The summed E-state index contributed by atoms with van der Waals surface area (Å²) in [5.41, 5.74) is 2.58. The van der Waals surface area contributed by atoms with Gasteiger partial charge in [-0.3, -0.25) is 0 Å². The van der Waals surface area contributed by atoms with Gasteiger partial charge in [0.05, 0.1) is 0 Å². The predicted molar refractivity (Wildman–Crippen MR) is 80.3 cm³/mol. The monoisotopic (exact) mass is 257 g/mol. The van der Waals surface area contributed by atoms with Crippen molar-refractivity contribution in [1.82, 2.24) is 15.2 Å². The zero-order valence-electron chi connectivity index (χ0n) is 11.7. The number of benzene rings is 1. The van der Waals surface area contributed by atoms with Crippen molar-refractivity contribution in [2.24, 2.45) is 0 Å². The quantitative estimate of drug-likeness (QED) is 0.863. The van der Waals surface area contributed by atoms with E-state index in [1.165, 1.54) is 48.9 Å². The third-order valence-corrected chi connectivity index (χ3v) is 4.00. The minimum absolute atomic E-state index is 0.556. The van der Waals surface area contributed by atoms with Crippen molar-refractivity contribution in [3.05, 3.63) is 36.0 Å². The van der Waals surface area contributed by atoms with Gasteiger partial charge in [0.1, 0.15) is 0 Å². The first-order valence-electron chi connectivity index (χ1n) is 7.33. The molecule has 2 heterocycles. The van der Waals surface area contributed by atoms with E-state index in [-0.39, 0.29) is 0 Å². The molecule has 0 aliphatic carbocycles. The van der Waals surface area contributed by atoms with Crippen LogP contribution in [0.4, 0.5) is 0 Å². The third kappa shape index (κ3) is 3.17. The Morgan fingerprint density at radius 1 is 1.26 bits per heavy atom. The predicted octanol–water partition coefficient (Wildman–Crippen LogP) is 2.74. The van der Waals surface area contributed by atoms with Gasteiger partial charge in [0.25, 0.3) is 0 Å². The molecule has 0 radical (unpaired) electrons. The molecule has 3 rings (SSSR count). The number of fused-ring (bicyclic) bond motifs is 1. The molecule has 1 fully saturated rings. The Balaban J connectivity index is 1.52. The molecule has 1 aliphatic heterocycles. The van der Waals surface area contributed by atoms with E-state index in [9.17, 15) is 0 Å². The summed E-state index contributed by atoms with van der Waals surface area (Å²) >= 11 is 0. The number of nitrogens with zero attached hydrogens (tertiary/aromatic N) is 1. The lowest BCUT2D eigenvalue weighted by Gasteiger charge is -2.21. The molecule has 1 saturated heterocycles. The van der Waals surface area contributed by atoms with Crippen LogP contribution in [0.3, 0.4) is 0 Å². The van der Waals surface area contributed by atoms with E-state index in [1.54, 1.807) is 0 Å². The van der Waals surface area contributed by atoms with E-state index in [4.69, 9.17) is 0 Å². The maximum absolute atomic E-state index is 3.63. The van der Waals surface area contributed by atoms with E-state index in [0.717, 1.165) is 6.54 Å². The number of hydrogen-bond donors (Lipinski definition) is 2. The second-order valence-corrected chi connectivity index (χ2v) is 5.69. The molecule has 0 spiro atoms. The van der Waals surface area contributed by atoms with Crippen LogP contribution in [-0.4, -0.2) is 35.6 Å². The Morgan fingerprint density at radius 3 is 2.95 bits per heavy atom. The molecule has 1 aromatic carbocycles. The van der Waals surface area contributed by atoms with Crippen LogP contribution in [0.5, 0.6) is 0 Å². The number of rotatable bonds is 5. The van der Waals surface area contributed by atoms with Crippen LogP contribution in [0.25, 0.3) is 10.9 Å². The lowest BCUT2D eigenvalue weighted by atomic mass is 10.1. The van der Waals surface area contributed by atoms with Gasteiger partial charge in [0.2, 0.25) is 0 Å². The molecule has 1 aromatic heterocycles. The highest BCUT2D eigenvalue weighted by Gasteiger charge is 2.14. The van der Waals surface area contributed by atoms with Crippen LogP contribution in [0.2, 0.25) is 0 Å². The van der Waals surface area contributed by atoms with Crippen molar-refractivity contribution in [3.63, 3.8) is 0 Å². The Kier molecular flexibility index (Phi) is 3.85. The highest BCUT2D eigenvalue weighted by Crippen LogP contribution is 2.14. The molecular weight excluding hydrogens is 234 g/mol. The van der Waals surface area contributed by atoms with Gasteiger partial charge in [-0.1, -0.05) is 6.07 Å². The van der Waals surface area contributed by atoms with Gasteiger partial charge in [-0.05, 0) is 62.0 Å². The van der Waals surface area contributed by atoms with Gasteiger partial charge in [0.15, 0.2) is 0 Å². The van der Waals surface area contributed by atoms with Gasteiger partial charge in [0, 0.05) is 30.8 Å². The fourth-order valence-electron chi connectivity index (χ4n) is 2.92. The molecular formula is C16H23N3. The van der Waals surface area contributed by atoms with Gasteiger partial charge in [-0.25, -0.2) is 0 Å². The molecule has 0 saturated carbocycles. The molecule has 0 bridgehead atoms. The minimum atomic E-state index is 0.556. The van der Waals surface area contributed by atoms with Crippen LogP contribution in [0, 0.1) is 0 Å². The molecule has 19 heavy (non-hydrogen) atoms. The van der Waals surface area contributed by atoms with Gasteiger partial charge < -0.3 is 15.2 Å². The Labute approximate surface area is 115 Å². The summed E-state index contributed by atoms with van der Waals surface area (Å²) in [6.07, 6.45) is 4.74. The zero-order valence-corrected chi connectivity index (χ0v) is 11.7. The highest BCUT2D eigenvalue weighted by molar-refractivity contribution is 5.79. The third-order valence-electron chi connectivity index (χ3n) is 4.00. The van der Waals surface area contributed by atoms with E-state index >= 15 is 0 Å². The maximum atomic E-state index is 3.63. The first kappa shape index (κ1) is 12.7. The van der Waals surface area contributed by atoms with Crippen LogP contribution < -0.4 is 5.32 Å². The standard InChI is InChI=1S/C16H23N3/c1-13(12-19-8-2-3-9-19)18-11-14-4-5-16-15(10-14)6-7-17-16/h4-7,10,13,17-18H,2-3,8-9,11-12H2,1H3. The number of H-pyrrole nitrogens is 1. The summed E-state index contributed by atoms with van der Waals surface area (Å²) in [5.74, 6) is 0. The summed E-state index contributed by atoms with van der Waals surface area (Å²) in [6, 6.07) is 9.32. The Morgan fingerprint density at radius 2 is 2.11 bits per heavy atom. The van der Waals surface area contributed by atoms with Crippen molar-refractivity contribution in [2.75, 3.05) is 19.6 Å². The number of nitrogens with one attached hydrogen (secondary N) is 2. The number of likely N-dealkylation sites (tertiary alicyclic amines) is 1. The van der Waals surface area contributed by atoms with Crippen molar-refractivity contribution in [3.8, 4) is 0 Å². The SMILES string of the molecule is CC(CN1CCCC1)NCc1ccc2[nH]ccc2c1. The number of hydrogen-bond acceptors (Lipinski definition) is 2. The molecule has 1 unspecified atom stereocenters. The van der Waals surface area contributed by atoms with Gasteiger partial charge in [-0.2, -0.15) is 0 Å². The summed E-state index contributed by atoms with van der Waals surface area (Å²) in [5, 5.41) is 4.93. The van der Waals surface area contributed by atoms with Crippen LogP contribution in [-0.2, 0) is 6.54 Å². The van der Waals surface area contributed by atoms with Crippen LogP contribution in [0.1, 0.15) is 25.3 Å². The van der Waals surface area contributed by atoms with Crippen molar-refractivity contribution >= 4 is 10.9 Å². The largest absolute Gasteiger partial charge is 0.361 e. The fourth-order valence-corrected chi connectivity index (χ4v) is 2.92. The molecule has 1 atom stereocenters. The number of aromatic amines is 1. The Bertz CT molecular complexity index is 526. The average molecular weight is 257 g/mol. The second-order valence-electron chi connectivity index (χ2n) is 5.69. The van der Waals surface area contributed by atoms with Crippen molar-refractivity contribution < 1.29 is 0 Å². The summed E-state index contributed by atoms with van der Waals surface area (Å²) in [6.45, 7) is 6.97. The number of aromatic nitrogens is 1. The maximum Gasteiger partial charge on any atom is 0.0454 e. The summed E-state index contributed by atoms with van der Waals surface area (Å²) in [7, 11) is 0. The summed E-state index contributed by atoms with van der Waals surface area (Å²) in [4.78, 5) is 5.80. The van der Waals surface area contributed by atoms with Crippen LogP contribution in [0.15, 0.2) is 30.5 Å². The molecule has 2 aromatic rings. The smallest absolute Gasteiger partial charge is 0.0454 e. The zero-order chi connectivity index (χ0) is 13.1. The molecule has 3 nitrogen and oxygen atoms in total. The lowest BCUT2D eigenvalue weighted by Crippen LogP contribution is -2.37. The molecule has 3 heteroatoms. The van der Waals surface area contributed by atoms with Gasteiger partial charge >= 0.3 is 0 Å². The average Bonchev–Trinajstić information content (AvgIpc) is 3.06. The topological polar surface area (TPSA) is 31.1 Å². The second kappa shape index (κ2) is 5.76. The first-order chi connectivity index (χ1) is 9.31. The Hall–Kier alpha value is -1.32. The van der Waals surface area contributed by atoms with Gasteiger partial charge in [-0.15, -0.1) is 0 Å². The van der Waals surface area contributed by atoms with E-state index in [0.29, 0.717) is 6.04 Å². The van der Waals surface area contributed by atoms with E-state index in [2.05, 4.69) is 46.4 Å². The van der Waals surface area contributed by atoms with Crippen molar-refractivity contribution in [1.29, 1.82) is 0 Å².